The lowest BCUT2D eigenvalue weighted by Gasteiger charge is -2.35. The highest BCUT2D eigenvalue weighted by Crippen LogP contribution is 2.26. The van der Waals surface area contributed by atoms with Gasteiger partial charge in [0.15, 0.2) is 0 Å². The normalized spacial score (nSPS) is 19.6. The number of methoxy groups -OCH3 is 2. The molecule has 1 saturated carbocycles. The van der Waals surface area contributed by atoms with Gasteiger partial charge in [-0.15, -0.1) is 0 Å². The number of ether oxygens (including phenoxy) is 2. The monoisotopic (exact) mass is 374 g/mol. The van der Waals surface area contributed by atoms with Gasteiger partial charge in [-0.25, -0.2) is 0 Å². The summed E-state index contributed by atoms with van der Waals surface area (Å²) in [5.74, 6) is 2.41. The van der Waals surface area contributed by atoms with Crippen LogP contribution in [0.1, 0.15) is 50.5 Å². The zero-order chi connectivity index (χ0) is 19.1. The van der Waals surface area contributed by atoms with Gasteiger partial charge in [-0.2, -0.15) is 0 Å². The molecule has 1 aliphatic heterocycles. The molecule has 1 aromatic carbocycles. The number of benzene rings is 1. The van der Waals surface area contributed by atoms with Gasteiger partial charge in [0.2, 0.25) is 5.91 Å². The minimum atomic E-state index is 0.0733. The maximum Gasteiger partial charge on any atom is 0.224 e. The van der Waals surface area contributed by atoms with Crippen LogP contribution in [0.4, 0.5) is 0 Å². The zero-order valence-corrected chi connectivity index (χ0v) is 16.8. The molecule has 1 aromatic rings. The van der Waals surface area contributed by atoms with Gasteiger partial charge in [0.05, 0.1) is 20.6 Å². The van der Waals surface area contributed by atoms with Crippen LogP contribution in [0.2, 0.25) is 0 Å². The molecule has 1 saturated heterocycles. The molecule has 3 rings (SSSR count). The molecule has 2 aliphatic rings. The Morgan fingerprint density at radius 2 is 1.81 bits per heavy atom. The molecule has 0 radical (unpaired) electrons. The highest BCUT2D eigenvalue weighted by atomic mass is 16.5. The van der Waals surface area contributed by atoms with E-state index in [2.05, 4.69) is 10.2 Å². The molecule has 0 aromatic heterocycles. The van der Waals surface area contributed by atoms with Crippen molar-refractivity contribution in [1.29, 1.82) is 0 Å². The van der Waals surface area contributed by atoms with Gasteiger partial charge in [0, 0.05) is 37.3 Å². The minimum Gasteiger partial charge on any atom is -0.497 e. The smallest absolute Gasteiger partial charge is 0.224 e. The summed E-state index contributed by atoms with van der Waals surface area (Å²) >= 11 is 0. The van der Waals surface area contributed by atoms with Crippen LogP contribution in [0.3, 0.4) is 0 Å². The van der Waals surface area contributed by atoms with E-state index in [1.165, 1.54) is 38.6 Å². The number of nitrogens with one attached hydrogen (secondary N) is 1. The number of hydrogen-bond acceptors (Lipinski definition) is 4. The summed E-state index contributed by atoms with van der Waals surface area (Å²) in [5, 5.41) is 3.22. The second kappa shape index (κ2) is 9.98. The predicted molar refractivity (Wildman–Crippen MR) is 107 cm³/mol. The largest absolute Gasteiger partial charge is 0.497 e. The molecule has 150 valence electrons. The summed E-state index contributed by atoms with van der Waals surface area (Å²) < 4.78 is 10.6. The Kier molecular flexibility index (Phi) is 7.39. The van der Waals surface area contributed by atoms with E-state index in [0.717, 1.165) is 43.2 Å². The summed E-state index contributed by atoms with van der Waals surface area (Å²) in [6.07, 6.45) is 9.49. The lowest BCUT2D eigenvalue weighted by Crippen LogP contribution is -2.46. The van der Waals surface area contributed by atoms with Crippen LogP contribution in [0.25, 0.3) is 0 Å². The molecule has 0 spiro atoms. The van der Waals surface area contributed by atoms with Crippen LogP contribution in [0.15, 0.2) is 18.2 Å². The van der Waals surface area contributed by atoms with Crippen LogP contribution in [-0.4, -0.2) is 50.7 Å². The number of rotatable bonds is 7. The van der Waals surface area contributed by atoms with Crippen LogP contribution >= 0.6 is 0 Å². The molecule has 2 fully saturated rings. The molecule has 0 atom stereocenters. The molecule has 0 unspecified atom stereocenters. The molecule has 5 heteroatoms. The van der Waals surface area contributed by atoms with Crippen molar-refractivity contribution in [2.24, 2.45) is 5.92 Å². The zero-order valence-electron chi connectivity index (χ0n) is 16.8. The summed E-state index contributed by atoms with van der Waals surface area (Å²) in [6.45, 7) is 3.46. The lowest BCUT2D eigenvalue weighted by atomic mass is 9.88. The van der Waals surface area contributed by atoms with Crippen LogP contribution in [-0.2, 0) is 11.2 Å². The van der Waals surface area contributed by atoms with Crippen molar-refractivity contribution in [1.82, 2.24) is 10.2 Å². The third-order valence-electron chi connectivity index (χ3n) is 6.04. The molecular weight excluding hydrogens is 340 g/mol. The van der Waals surface area contributed by atoms with Crippen LogP contribution in [0, 0.1) is 5.92 Å². The Labute approximate surface area is 163 Å². The fourth-order valence-corrected chi connectivity index (χ4v) is 4.44. The predicted octanol–water partition coefficient (Wildman–Crippen LogP) is 3.41. The summed E-state index contributed by atoms with van der Waals surface area (Å²) in [5.41, 5.74) is 0.894. The third kappa shape index (κ3) is 5.86. The van der Waals surface area contributed by atoms with Crippen molar-refractivity contribution in [2.75, 3.05) is 33.9 Å². The quantitative estimate of drug-likeness (QED) is 0.795. The van der Waals surface area contributed by atoms with Crippen LogP contribution < -0.4 is 14.8 Å². The van der Waals surface area contributed by atoms with Gasteiger partial charge < -0.3 is 19.7 Å². The topological polar surface area (TPSA) is 50.8 Å². The third-order valence-corrected chi connectivity index (χ3v) is 6.04. The first kappa shape index (κ1) is 20.0. The van der Waals surface area contributed by atoms with Crippen molar-refractivity contribution in [3.63, 3.8) is 0 Å². The second-order valence-electron chi connectivity index (χ2n) is 8.00. The molecule has 5 nitrogen and oxygen atoms in total. The van der Waals surface area contributed by atoms with E-state index in [4.69, 9.17) is 9.47 Å². The second-order valence-corrected chi connectivity index (χ2v) is 8.00. The average molecular weight is 375 g/mol. The standard InChI is InChI=1S/C22H34N2O3/c1-26-20-9-8-18(21(15-20)27-2)14-22(25)23-19-10-12-24(13-11-19)16-17-6-4-3-5-7-17/h8-9,15,17,19H,3-7,10-14,16H2,1-2H3,(H,23,25). The number of likely N-dealkylation sites (tertiary alicyclic amines) is 1. The van der Waals surface area contributed by atoms with Crippen molar-refractivity contribution < 1.29 is 14.3 Å². The first-order chi connectivity index (χ1) is 13.2. The Balaban J connectivity index is 1.43. The highest BCUT2D eigenvalue weighted by Gasteiger charge is 2.24. The molecular formula is C22H34N2O3. The van der Waals surface area contributed by atoms with E-state index < -0.39 is 0 Å². The SMILES string of the molecule is COc1ccc(CC(=O)NC2CCN(CC3CCCCC3)CC2)c(OC)c1. The number of nitrogens with zero attached hydrogens (tertiary/aromatic N) is 1. The van der Waals surface area contributed by atoms with Crippen molar-refractivity contribution in [3.8, 4) is 11.5 Å². The summed E-state index contributed by atoms with van der Waals surface area (Å²) in [6, 6.07) is 5.90. The van der Waals surface area contributed by atoms with E-state index in [0.29, 0.717) is 18.2 Å². The Morgan fingerprint density at radius 1 is 1.07 bits per heavy atom. The summed E-state index contributed by atoms with van der Waals surface area (Å²) in [4.78, 5) is 15.1. The van der Waals surface area contributed by atoms with Gasteiger partial charge >= 0.3 is 0 Å². The van der Waals surface area contributed by atoms with E-state index in [1.54, 1.807) is 14.2 Å². The fourth-order valence-electron chi connectivity index (χ4n) is 4.44. The van der Waals surface area contributed by atoms with E-state index in [1.807, 2.05) is 18.2 Å². The van der Waals surface area contributed by atoms with Crippen molar-refractivity contribution in [2.45, 2.75) is 57.4 Å². The summed E-state index contributed by atoms with van der Waals surface area (Å²) in [7, 11) is 3.25. The van der Waals surface area contributed by atoms with E-state index >= 15 is 0 Å². The maximum absolute atomic E-state index is 12.5. The molecule has 27 heavy (non-hydrogen) atoms. The van der Waals surface area contributed by atoms with Crippen molar-refractivity contribution >= 4 is 5.91 Å². The number of amides is 1. The van der Waals surface area contributed by atoms with E-state index in [9.17, 15) is 4.79 Å². The number of carbonyl (C=O) groups is 1. The number of hydrogen-bond donors (Lipinski definition) is 1. The van der Waals surface area contributed by atoms with Gasteiger partial charge in [0.1, 0.15) is 11.5 Å². The first-order valence-corrected chi connectivity index (χ1v) is 10.4. The highest BCUT2D eigenvalue weighted by molar-refractivity contribution is 5.79. The minimum absolute atomic E-state index is 0.0733. The molecule has 1 N–H and O–H groups in total. The first-order valence-electron chi connectivity index (χ1n) is 10.4. The van der Waals surface area contributed by atoms with Gasteiger partial charge in [-0.3, -0.25) is 4.79 Å². The lowest BCUT2D eigenvalue weighted by molar-refractivity contribution is -0.121. The Hall–Kier alpha value is -1.75. The molecule has 1 aliphatic carbocycles. The Morgan fingerprint density at radius 3 is 2.48 bits per heavy atom. The average Bonchev–Trinajstić information content (AvgIpc) is 2.70. The fraction of sp³-hybridized carbons (Fsp3) is 0.682. The van der Waals surface area contributed by atoms with Gasteiger partial charge in [-0.05, 0) is 37.7 Å². The maximum atomic E-state index is 12.5. The number of carbonyl (C=O) groups excluding carboxylic acids is 1. The van der Waals surface area contributed by atoms with E-state index in [-0.39, 0.29) is 5.91 Å². The molecule has 1 amide bonds. The van der Waals surface area contributed by atoms with Gasteiger partial charge in [0.25, 0.3) is 0 Å². The molecule has 1 heterocycles. The van der Waals surface area contributed by atoms with Crippen LogP contribution in [0.5, 0.6) is 11.5 Å². The number of piperidine rings is 1. The van der Waals surface area contributed by atoms with Gasteiger partial charge in [-0.1, -0.05) is 25.3 Å². The van der Waals surface area contributed by atoms with Crippen molar-refractivity contribution in [3.05, 3.63) is 23.8 Å². The molecule has 0 bridgehead atoms. The Bertz CT molecular complexity index is 606.